The Morgan fingerprint density at radius 3 is 2.89 bits per heavy atom. The van der Waals surface area contributed by atoms with Crippen molar-refractivity contribution in [2.75, 3.05) is 12.8 Å². The van der Waals surface area contributed by atoms with E-state index >= 15 is 0 Å². The first-order valence-electron chi connectivity index (χ1n) is 5.10. The Morgan fingerprint density at radius 1 is 1.44 bits per heavy atom. The lowest BCUT2D eigenvalue weighted by Gasteiger charge is -2.09. The molecule has 0 aliphatic carbocycles. The number of ether oxygens (including phenoxy) is 1. The fourth-order valence-electron chi connectivity index (χ4n) is 1.54. The third kappa shape index (κ3) is 2.36. The number of nitrogens with zero attached hydrogens (tertiary/aromatic N) is 4. The van der Waals surface area contributed by atoms with Gasteiger partial charge in [0.05, 0.1) is 12.7 Å². The standard InChI is InChI=1S/C10H11F2N5O/c1-18-8-4-6(13)2-3-7(8)10-14-15-16-17(10)5-9(11)12/h2-4,9H,5,13H2,1H3. The van der Waals surface area contributed by atoms with Gasteiger partial charge in [-0.3, -0.25) is 0 Å². The predicted octanol–water partition coefficient (Wildman–Crippen LogP) is 1.20. The Labute approximate surface area is 101 Å². The number of tetrazole rings is 1. The van der Waals surface area contributed by atoms with Gasteiger partial charge in [-0.25, -0.2) is 13.5 Å². The van der Waals surface area contributed by atoms with E-state index < -0.39 is 13.0 Å². The van der Waals surface area contributed by atoms with Gasteiger partial charge in [0.25, 0.3) is 6.43 Å². The molecule has 0 fully saturated rings. The smallest absolute Gasteiger partial charge is 0.258 e. The Morgan fingerprint density at radius 2 is 2.22 bits per heavy atom. The van der Waals surface area contributed by atoms with Gasteiger partial charge in [0, 0.05) is 11.8 Å². The van der Waals surface area contributed by atoms with Crippen molar-refractivity contribution < 1.29 is 13.5 Å². The number of benzene rings is 1. The molecular formula is C10H11F2N5O. The first-order valence-corrected chi connectivity index (χ1v) is 5.10. The zero-order valence-corrected chi connectivity index (χ0v) is 9.55. The summed E-state index contributed by atoms with van der Waals surface area (Å²) in [4.78, 5) is 0. The Kier molecular flexibility index (Phi) is 3.35. The van der Waals surface area contributed by atoms with E-state index in [-0.39, 0.29) is 5.82 Å². The third-order valence-electron chi connectivity index (χ3n) is 2.31. The SMILES string of the molecule is COc1cc(N)ccc1-c1nnnn1CC(F)F. The van der Waals surface area contributed by atoms with Crippen molar-refractivity contribution in [3.63, 3.8) is 0 Å². The largest absolute Gasteiger partial charge is 0.496 e. The quantitative estimate of drug-likeness (QED) is 0.830. The summed E-state index contributed by atoms with van der Waals surface area (Å²) in [5.41, 5.74) is 6.63. The topological polar surface area (TPSA) is 78.8 Å². The van der Waals surface area contributed by atoms with Crippen LogP contribution in [0.4, 0.5) is 14.5 Å². The van der Waals surface area contributed by atoms with Gasteiger partial charge in [-0.1, -0.05) is 0 Å². The summed E-state index contributed by atoms with van der Waals surface area (Å²) >= 11 is 0. The van der Waals surface area contributed by atoms with Crippen LogP contribution in [-0.2, 0) is 6.54 Å². The maximum absolute atomic E-state index is 12.4. The summed E-state index contributed by atoms with van der Waals surface area (Å²) in [5.74, 6) is 0.646. The second-order valence-corrected chi connectivity index (χ2v) is 3.54. The predicted molar refractivity (Wildman–Crippen MR) is 60.2 cm³/mol. The molecule has 0 bridgehead atoms. The molecule has 0 spiro atoms. The molecule has 18 heavy (non-hydrogen) atoms. The summed E-state index contributed by atoms with van der Waals surface area (Å²) in [5, 5.41) is 10.6. The zero-order chi connectivity index (χ0) is 13.1. The van der Waals surface area contributed by atoms with Gasteiger partial charge in [0.2, 0.25) is 0 Å². The molecular weight excluding hydrogens is 244 g/mol. The molecule has 0 radical (unpaired) electrons. The number of halogens is 2. The molecule has 0 atom stereocenters. The van der Waals surface area contributed by atoms with E-state index in [9.17, 15) is 8.78 Å². The number of alkyl halides is 2. The van der Waals surface area contributed by atoms with Crippen LogP contribution in [0.1, 0.15) is 0 Å². The Bertz CT molecular complexity index is 543. The number of rotatable bonds is 4. The highest BCUT2D eigenvalue weighted by Gasteiger charge is 2.16. The first-order chi connectivity index (χ1) is 8.61. The fraction of sp³-hybridized carbons (Fsp3) is 0.300. The molecule has 0 aliphatic heterocycles. The average molecular weight is 255 g/mol. The number of aromatic nitrogens is 4. The molecule has 0 amide bonds. The van der Waals surface area contributed by atoms with Crippen LogP contribution in [-0.4, -0.2) is 33.7 Å². The molecule has 96 valence electrons. The highest BCUT2D eigenvalue weighted by molar-refractivity contribution is 5.67. The molecule has 0 aliphatic rings. The lowest BCUT2D eigenvalue weighted by atomic mass is 10.1. The van der Waals surface area contributed by atoms with Crippen LogP contribution in [0.2, 0.25) is 0 Å². The lowest BCUT2D eigenvalue weighted by Crippen LogP contribution is -2.10. The number of hydrogen-bond acceptors (Lipinski definition) is 5. The van der Waals surface area contributed by atoms with Crippen molar-refractivity contribution in [1.29, 1.82) is 0 Å². The molecule has 2 N–H and O–H groups in total. The van der Waals surface area contributed by atoms with E-state index in [2.05, 4.69) is 15.5 Å². The molecule has 0 saturated heterocycles. The number of anilines is 1. The molecule has 0 saturated carbocycles. The average Bonchev–Trinajstić information content (AvgIpc) is 2.76. The van der Waals surface area contributed by atoms with Crippen molar-refractivity contribution in [2.24, 2.45) is 0 Å². The summed E-state index contributed by atoms with van der Waals surface area (Å²) in [7, 11) is 1.46. The second kappa shape index (κ2) is 4.94. The van der Waals surface area contributed by atoms with E-state index in [1.165, 1.54) is 7.11 Å². The minimum absolute atomic E-state index is 0.215. The van der Waals surface area contributed by atoms with Crippen LogP contribution in [0.5, 0.6) is 5.75 Å². The van der Waals surface area contributed by atoms with Crippen molar-refractivity contribution in [3.8, 4) is 17.1 Å². The van der Waals surface area contributed by atoms with E-state index in [0.717, 1.165) is 4.68 Å². The van der Waals surface area contributed by atoms with E-state index in [4.69, 9.17) is 10.5 Å². The van der Waals surface area contributed by atoms with Crippen LogP contribution in [0.25, 0.3) is 11.4 Å². The fourth-order valence-corrected chi connectivity index (χ4v) is 1.54. The summed E-state index contributed by atoms with van der Waals surface area (Å²) in [6.07, 6.45) is -2.54. The van der Waals surface area contributed by atoms with Crippen molar-refractivity contribution in [3.05, 3.63) is 18.2 Å². The molecule has 1 aromatic carbocycles. The third-order valence-corrected chi connectivity index (χ3v) is 2.31. The molecule has 8 heteroatoms. The second-order valence-electron chi connectivity index (χ2n) is 3.54. The maximum atomic E-state index is 12.4. The monoisotopic (exact) mass is 255 g/mol. The van der Waals surface area contributed by atoms with Gasteiger partial charge < -0.3 is 10.5 Å². The highest BCUT2D eigenvalue weighted by atomic mass is 19.3. The summed E-state index contributed by atoms with van der Waals surface area (Å²) < 4.78 is 30.9. The number of nitrogen functional groups attached to an aromatic ring is 1. The van der Waals surface area contributed by atoms with Crippen molar-refractivity contribution >= 4 is 5.69 Å². The van der Waals surface area contributed by atoms with E-state index in [1.807, 2.05) is 0 Å². The zero-order valence-electron chi connectivity index (χ0n) is 9.55. The lowest BCUT2D eigenvalue weighted by molar-refractivity contribution is 0.121. The normalized spacial score (nSPS) is 10.9. The van der Waals surface area contributed by atoms with Gasteiger partial charge in [-0.2, -0.15) is 0 Å². The van der Waals surface area contributed by atoms with Crippen LogP contribution >= 0.6 is 0 Å². The summed E-state index contributed by atoms with van der Waals surface area (Å²) in [6.45, 7) is -0.574. The Balaban J connectivity index is 2.45. The van der Waals surface area contributed by atoms with Crippen LogP contribution in [0.15, 0.2) is 18.2 Å². The summed E-state index contributed by atoms with van der Waals surface area (Å²) in [6, 6.07) is 4.83. The van der Waals surface area contributed by atoms with Crippen LogP contribution in [0.3, 0.4) is 0 Å². The molecule has 1 heterocycles. The van der Waals surface area contributed by atoms with Crippen molar-refractivity contribution in [2.45, 2.75) is 13.0 Å². The molecule has 2 rings (SSSR count). The first kappa shape index (κ1) is 12.2. The molecule has 6 nitrogen and oxygen atoms in total. The van der Waals surface area contributed by atoms with Gasteiger partial charge in [-0.05, 0) is 22.6 Å². The van der Waals surface area contributed by atoms with Gasteiger partial charge in [-0.15, -0.1) is 5.10 Å². The molecule has 2 aromatic rings. The van der Waals surface area contributed by atoms with Crippen molar-refractivity contribution in [1.82, 2.24) is 20.2 Å². The molecule has 0 unspecified atom stereocenters. The van der Waals surface area contributed by atoms with Gasteiger partial charge >= 0.3 is 0 Å². The molecule has 1 aromatic heterocycles. The van der Waals surface area contributed by atoms with Crippen LogP contribution < -0.4 is 10.5 Å². The highest BCUT2D eigenvalue weighted by Crippen LogP contribution is 2.29. The van der Waals surface area contributed by atoms with E-state index in [1.54, 1.807) is 18.2 Å². The van der Waals surface area contributed by atoms with Gasteiger partial charge in [0.15, 0.2) is 5.82 Å². The minimum atomic E-state index is -2.54. The van der Waals surface area contributed by atoms with E-state index in [0.29, 0.717) is 17.0 Å². The van der Waals surface area contributed by atoms with Crippen LogP contribution in [0, 0.1) is 0 Å². The number of hydrogen-bond donors (Lipinski definition) is 1. The van der Waals surface area contributed by atoms with Gasteiger partial charge in [0.1, 0.15) is 12.3 Å². The minimum Gasteiger partial charge on any atom is -0.496 e. The number of nitrogens with two attached hydrogens (primary N) is 1. The maximum Gasteiger partial charge on any atom is 0.258 e. The Hall–Kier alpha value is -2.25. The number of methoxy groups -OCH3 is 1.